The molecule has 0 aliphatic carbocycles. The summed E-state index contributed by atoms with van der Waals surface area (Å²) in [5.74, 6) is -2.08. The maximum absolute atomic E-state index is 13.2. The quantitative estimate of drug-likeness (QED) is 0.210. The number of aliphatic hydroxyl groups is 4. The Balaban J connectivity index is 3.75. The van der Waals surface area contributed by atoms with Crippen LogP contribution in [0.1, 0.15) is 20.7 Å². The van der Waals surface area contributed by atoms with E-state index in [0.29, 0.717) is 7.14 Å². The van der Waals surface area contributed by atoms with Gasteiger partial charge in [0.25, 0.3) is 17.7 Å². The third kappa shape index (κ3) is 6.10. The molecule has 3 amide bonds. The maximum atomic E-state index is 13.2. The van der Waals surface area contributed by atoms with Gasteiger partial charge in [0.15, 0.2) is 0 Å². The molecular weight excluding hydrogens is 727 g/mol. The summed E-state index contributed by atoms with van der Waals surface area (Å²) in [5.41, 5.74) is 5.84. The lowest BCUT2D eigenvalue weighted by molar-refractivity contribution is -0.121. The van der Waals surface area contributed by atoms with Crippen LogP contribution in [0, 0.1) is 10.7 Å². The van der Waals surface area contributed by atoms with Crippen molar-refractivity contribution in [3.05, 3.63) is 21.8 Å². The molecule has 0 aromatic heterocycles. The molecule has 1 unspecified atom stereocenters. The lowest BCUT2D eigenvalue weighted by Crippen LogP contribution is -2.42. The Morgan fingerprint density at radius 1 is 1.03 bits per heavy atom. The molecule has 1 atom stereocenters. The minimum absolute atomic E-state index is 0.0363. The van der Waals surface area contributed by atoms with E-state index >= 15 is 0 Å². The molecule has 1 aromatic carbocycles. The van der Waals surface area contributed by atoms with Crippen molar-refractivity contribution in [3.8, 4) is 0 Å². The first kappa shape index (κ1) is 26.7. The Bertz CT molecular complexity index is 807. The van der Waals surface area contributed by atoms with Crippen LogP contribution < -0.4 is 10.6 Å². The number of nitrogens with zero attached hydrogens (tertiary/aromatic N) is 2. The van der Waals surface area contributed by atoms with Crippen molar-refractivity contribution < 1.29 is 34.8 Å². The van der Waals surface area contributed by atoms with Gasteiger partial charge in [-0.3, -0.25) is 14.4 Å². The molecule has 0 radical (unpaired) electrons. The lowest BCUT2D eigenvalue weighted by atomic mass is 10.1. The highest BCUT2D eigenvalue weighted by molar-refractivity contribution is 14.1. The maximum Gasteiger partial charge on any atom is 0.256 e. The zero-order valence-electron chi connectivity index (χ0n) is 15.2. The number of rotatable bonds is 9. The lowest BCUT2D eigenvalue weighted by Gasteiger charge is -2.28. The highest BCUT2D eigenvalue weighted by atomic mass is 127. The number of carbonyl (C=O) groups is 3. The zero-order chi connectivity index (χ0) is 22.5. The molecule has 1 rings (SSSR count). The molecule has 1 aromatic rings. The number of carbonyl (C=O) groups excluding carboxylic acids is 3. The minimum atomic E-state index is -1.22. The van der Waals surface area contributed by atoms with Crippen molar-refractivity contribution in [2.45, 2.75) is 6.10 Å². The number of halogens is 3. The molecule has 0 aliphatic rings. The van der Waals surface area contributed by atoms with Crippen molar-refractivity contribution >= 4 is 91.2 Å². The van der Waals surface area contributed by atoms with Crippen LogP contribution in [0.15, 0.2) is 0 Å². The first-order valence-electron chi connectivity index (χ1n) is 8.10. The minimum Gasteiger partial charge on any atom is -0.395 e. The van der Waals surface area contributed by atoms with Crippen molar-refractivity contribution in [1.29, 1.82) is 0 Å². The third-order valence-electron chi connectivity index (χ3n) is 3.90. The fraction of sp³-hybridized carbons (Fsp3) is 0.438. The normalized spacial score (nSPS) is 11.9. The fourth-order valence-electron chi connectivity index (χ4n) is 2.45. The number of nitrogens with two attached hydrogens (primary N) is 1. The van der Waals surface area contributed by atoms with Crippen LogP contribution in [0.4, 0.5) is 5.69 Å². The summed E-state index contributed by atoms with van der Waals surface area (Å²) < 4.78 is 0.926. The summed E-state index contributed by atoms with van der Waals surface area (Å²) in [7, 11) is 1.39. The Hall–Kier alpha value is -0.340. The highest BCUT2D eigenvalue weighted by Crippen LogP contribution is 2.38. The van der Waals surface area contributed by atoms with E-state index in [-0.39, 0.29) is 40.1 Å². The molecule has 0 fully saturated rings. The first-order chi connectivity index (χ1) is 13.5. The number of aliphatic hydroxyl groups excluding tert-OH is 4. The van der Waals surface area contributed by atoms with Gasteiger partial charge in [-0.05, 0) is 67.8 Å². The van der Waals surface area contributed by atoms with E-state index in [9.17, 15) is 29.7 Å². The Morgan fingerprint density at radius 2 is 1.59 bits per heavy atom. The highest BCUT2D eigenvalue weighted by Gasteiger charge is 2.32. The third-order valence-corrected chi connectivity index (χ3v) is 7.08. The average molecular weight is 747 g/mol. The summed E-state index contributed by atoms with van der Waals surface area (Å²) in [6.07, 6.45) is -1.22. The summed E-state index contributed by atoms with van der Waals surface area (Å²) in [6, 6.07) is 0. The van der Waals surface area contributed by atoms with Gasteiger partial charge in [0.2, 0.25) is 0 Å². The van der Waals surface area contributed by atoms with Gasteiger partial charge in [0.1, 0.15) is 6.61 Å². The molecule has 29 heavy (non-hydrogen) atoms. The van der Waals surface area contributed by atoms with E-state index in [1.54, 1.807) is 0 Å². The Kier molecular flexibility index (Phi) is 10.9. The van der Waals surface area contributed by atoms with Crippen molar-refractivity contribution in [1.82, 2.24) is 4.90 Å². The number of hydrogen-bond acceptors (Lipinski definition) is 7. The second-order valence-corrected chi connectivity index (χ2v) is 9.06. The first-order valence-corrected chi connectivity index (χ1v) is 11.3. The number of amides is 3. The van der Waals surface area contributed by atoms with Gasteiger partial charge in [-0.15, -0.1) is 0 Å². The predicted octanol–water partition coefficient (Wildman–Crippen LogP) is -0.658. The Labute approximate surface area is 207 Å². The predicted molar refractivity (Wildman–Crippen MR) is 130 cm³/mol. The van der Waals surface area contributed by atoms with Gasteiger partial charge in [-0.2, -0.15) is 0 Å². The SMILES string of the molecule is CN(C(=O)CO)c1c(I)c(C(N)=O)c(I)c(C(=O)N(CCO)CC(O)CO)c1I. The van der Waals surface area contributed by atoms with Crippen LogP contribution in [0.3, 0.4) is 0 Å². The molecule has 0 spiro atoms. The van der Waals surface area contributed by atoms with E-state index in [2.05, 4.69) is 0 Å². The van der Waals surface area contributed by atoms with Gasteiger partial charge in [0.05, 0.1) is 43.3 Å². The summed E-state index contributed by atoms with van der Waals surface area (Å²) >= 11 is 5.52. The van der Waals surface area contributed by atoms with Gasteiger partial charge in [-0.1, -0.05) is 0 Å². The van der Waals surface area contributed by atoms with Crippen molar-refractivity contribution in [2.75, 3.05) is 44.9 Å². The van der Waals surface area contributed by atoms with Crippen LogP contribution >= 0.6 is 67.8 Å². The largest absolute Gasteiger partial charge is 0.395 e. The molecule has 0 heterocycles. The van der Waals surface area contributed by atoms with Gasteiger partial charge in [0, 0.05) is 23.7 Å². The number of benzene rings is 1. The van der Waals surface area contributed by atoms with E-state index in [1.807, 2.05) is 67.8 Å². The monoisotopic (exact) mass is 747 g/mol. The molecule has 6 N–H and O–H groups in total. The van der Waals surface area contributed by atoms with Crippen LogP contribution in [0.5, 0.6) is 0 Å². The fourth-order valence-corrected chi connectivity index (χ4v) is 7.33. The number of likely N-dealkylation sites (N-methyl/N-ethyl adjacent to an activating group) is 1. The second kappa shape index (κ2) is 11.9. The molecule has 10 nitrogen and oxygen atoms in total. The van der Waals surface area contributed by atoms with E-state index < -0.39 is 37.0 Å². The standard InChI is InChI=1S/C16H20I3N3O7/c1-21(8(27)6-25)14-12(18)9(15(20)28)11(17)10(13(14)19)16(29)22(2-3-23)4-7(26)5-24/h7,23-26H,2-6H2,1H3,(H2,20,28). The van der Waals surface area contributed by atoms with E-state index in [4.69, 9.17) is 10.8 Å². The molecule has 0 bridgehead atoms. The molecule has 0 aliphatic heterocycles. The summed E-state index contributed by atoms with van der Waals surface area (Å²) in [6.45, 7) is -2.12. The van der Waals surface area contributed by atoms with Crippen molar-refractivity contribution in [3.63, 3.8) is 0 Å². The van der Waals surface area contributed by atoms with Crippen LogP contribution in [-0.2, 0) is 4.79 Å². The molecule has 0 saturated carbocycles. The Morgan fingerprint density at radius 3 is 2.03 bits per heavy atom. The molecule has 13 heteroatoms. The molecular formula is C16H20I3N3O7. The van der Waals surface area contributed by atoms with E-state index in [0.717, 1.165) is 9.80 Å². The zero-order valence-corrected chi connectivity index (χ0v) is 21.7. The smallest absolute Gasteiger partial charge is 0.256 e. The molecule has 162 valence electrons. The van der Waals surface area contributed by atoms with Gasteiger partial charge in [-0.25, -0.2) is 0 Å². The topological polar surface area (TPSA) is 165 Å². The summed E-state index contributed by atoms with van der Waals surface area (Å²) in [5, 5.41) is 37.3. The van der Waals surface area contributed by atoms with Gasteiger partial charge < -0.3 is 36.0 Å². The van der Waals surface area contributed by atoms with Crippen LogP contribution in [0.25, 0.3) is 0 Å². The second-order valence-electron chi connectivity index (χ2n) is 5.83. The molecule has 0 saturated heterocycles. The van der Waals surface area contributed by atoms with E-state index in [1.165, 1.54) is 7.05 Å². The number of anilines is 1. The van der Waals surface area contributed by atoms with Crippen molar-refractivity contribution in [2.24, 2.45) is 5.73 Å². The van der Waals surface area contributed by atoms with Crippen LogP contribution in [-0.4, -0.2) is 89.1 Å². The van der Waals surface area contributed by atoms with Crippen LogP contribution in [0.2, 0.25) is 0 Å². The number of hydrogen-bond donors (Lipinski definition) is 5. The van der Waals surface area contributed by atoms with Gasteiger partial charge >= 0.3 is 0 Å². The number of primary amides is 1. The summed E-state index contributed by atoms with van der Waals surface area (Å²) in [4.78, 5) is 39.6. The average Bonchev–Trinajstić information content (AvgIpc) is 2.65.